The minimum Gasteiger partial charge on any atom is -0.478 e. The van der Waals surface area contributed by atoms with E-state index < -0.39 is 11.9 Å². The van der Waals surface area contributed by atoms with Crippen molar-refractivity contribution < 1.29 is 18.3 Å². The Labute approximate surface area is 148 Å². The van der Waals surface area contributed by atoms with Gasteiger partial charge in [0.25, 0.3) is 5.91 Å². The molecule has 130 valence electrons. The van der Waals surface area contributed by atoms with Gasteiger partial charge in [-0.3, -0.25) is 4.79 Å². The molecule has 0 saturated heterocycles. The number of para-hydroxylation sites is 1. The smallest absolute Gasteiger partial charge is 0.261 e. The number of furan rings is 1. The predicted octanol–water partition coefficient (Wildman–Crippen LogP) is 3.93. The maximum Gasteiger partial charge on any atom is 0.261 e. The van der Waals surface area contributed by atoms with Gasteiger partial charge in [-0.1, -0.05) is 12.1 Å². The van der Waals surface area contributed by atoms with Gasteiger partial charge in [-0.2, -0.15) is 0 Å². The van der Waals surface area contributed by atoms with Crippen molar-refractivity contribution in [1.29, 1.82) is 0 Å². The molecule has 3 rings (SSSR count). The third kappa shape index (κ3) is 4.06. The molecule has 5 nitrogen and oxygen atoms in total. The van der Waals surface area contributed by atoms with Gasteiger partial charge in [0.05, 0.1) is 18.5 Å². The summed E-state index contributed by atoms with van der Waals surface area (Å²) in [7, 11) is 0. The van der Waals surface area contributed by atoms with E-state index in [-0.39, 0.29) is 11.7 Å². The zero-order valence-corrected chi connectivity index (χ0v) is 14.6. The fraction of sp³-hybridized carbons (Fsp3) is 0.222. The number of aromatic nitrogens is 1. The van der Waals surface area contributed by atoms with Crippen LogP contribution in [-0.2, 0) is 11.3 Å². The molecule has 1 unspecified atom stereocenters. The van der Waals surface area contributed by atoms with Crippen LogP contribution in [0.15, 0.2) is 47.1 Å². The molecule has 0 fully saturated rings. The predicted molar refractivity (Wildman–Crippen MR) is 92.9 cm³/mol. The molecule has 0 aliphatic heterocycles. The average Bonchev–Trinajstić information content (AvgIpc) is 3.24. The molecular formula is C18H17FN2O3S. The normalized spacial score (nSPS) is 12.0. The Morgan fingerprint density at radius 3 is 2.88 bits per heavy atom. The van der Waals surface area contributed by atoms with Gasteiger partial charge >= 0.3 is 0 Å². The van der Waals surface area contributed by atoms with E-state index in [9.17, 15) is 9.18 Å². The lowest BCUT2D eigenvalue weighted by atomic mass is 10.3. The van der Waals surface area contributed by atoms with Crippen LogP contribution in [0.25, 0.3) is 10.8 Å². The number of carbonyl (C=O) groups excluding carboxylic acids is 1. The molecule has 0 radical (unpaired) electrons. The van der Waals surface area contributed by atoms with Crippen LogP contribution in [0.3, 0.4) is 0 Å². The minimum absolute atomic E-state index is 0.0548. The van der Waals surface area contributed by atoms with E-state index in [4.69, 9.17) is 9.15 Å². The Bertz CT molecular complexity index is 861. The second-order valence-corrected chi connectivity index (χ2v) is 6.50. The first-order valence-corrected chi connectivity index (χ1v) is 8.55. The molecule has 0 aliphatic rings. The Hall–Kier alpha value is -2.67. The van der Waals surface area contributed by atoms with Gasteiger partial charge in [0.15, 0.2) is 28.4 Å². The van der Waals surface area contributed by atoms with Gasteiger partial charge < -0.3 is 14.5 Å². The number of rotatable bonds is 6. The average molecular weight is 360 g/mol. The molecule has 1 N–H and O–H groups in total. The lowest BCUT2D eigenvalue weighted by Gasteiger charge is -2.14. The van der Waals surface area contributed by atoms with E-state index in [1.165, 1.54) is 23.5 Å². The Balaban J connectivity index is 1.60. The van der Waals surface area contributed by atoms with Gasteiger partial charge in [-0.05, 0) is 38.1 Å². The van der Waals surface area contributed by atoms with Crippen molar-refractivity contribution >= 4 is 17.2 Å². The largest absolute Gasteiger partial charge is 0.478 e. The highest BCUT2D eigenvalue weighted by atomic mass is 32.1. The molecule has 25 heavy (non-hydrogen) atoms. The maximum absolute atomic E-state index is 13.6. The first-order valence-electron chi connectivity index (χ1n) is 7.73. The summed E-state index contributed by atoms with van der Waals surface area (Å²) in [6.45, 7) is 3.79. The summed E-state index contributed by atoms with van der Waals surface area (Å²) in [5.74, 6) is -0.0692. The van der Waals surface area contributed by atoms with E-state index in [1.807, 2.05) is 13.0 Å². The van der Waals surface area contributed by atoms with Crippen LogP contribution in [0.5, 0.6) is 5.75 Å². The minimum atomic E-state index is -0.810. The summed E-state index contributed by atoms with van der Waals surface area (Å²) in [6, 6.07) is 9.63. The first-order chi connectivity index (χ1) is 12.0. The molecule has 0 aliphatic carbocycles. The second kappa shape index (κ2) is 7.48. The van der Waals surface area contributed by atoms with Gasteiger partial charge in [0, 0.05) is 4.88 Å². The molecule has 1 amide bonds. The highest BCUT2D eigenvalue weighted by Gasteiger charge is 2.18. The van der Waals surface area contributed by atoms with Crippen molar-refractivity contribution in [2.24, 2.45) is 0 Å². The Morgan fingerprint density at radius 1 is 1.36 bits per heavy atom. The number of benzene rings is 1. The van der Waals surface area contributed by atoms with Crippen molar-refractivity contribution in [2.75, 3.05) is 0 Å². The molecule has 7 heteroatoms. The van der Waals surface area contributed by atoms with E-state index in [1.54, 1.807) is 31.4 Å². The number of nitrogens with one attached hydrogen (secondary N) is 1. The third-order valence-corrected chi connectivity index (χ3v) is 4.73. The van der Waals surface area contributed by atoms with Crippen LogP contribution in [0.4, 0.5) is 4.39 Å². The molecule has 2 heterocycles. The maximum atomic E-state index is 13.6. The van der Waals surface area contributed by atoms with Crippen LogP contribution in [0.2, 0.25) is 0 Å². The highest BCUT2D eigenvalue weighted by Crippen LogP contribution is 2.28. The Kier molecular flexibility index (Phi) is 5.14. The first kappa shape index (κ1) is 17.2. The summed E-state index contributed by atoms with van der Waals surface area (Å²) >= 11 is 1.46. The van der Waals surface area contributed by atoms with Crippen molar-refractivity contribution in [1.82, 2.24) is 10.3 Å². The number of halogens is 1. The zero-order chi connectivity index (χ0) is 17.8. The van der Waals surface area contributed by atoms with E-state index in [2.05, 4.69) is 10.3 Å². The van der Waals surface area contributed by atoms with Crippen molar-refractivity contribution in [2.45, 2.75) is 26.5 Å². The fourth-order valence-electron chi connectivity index (χ4n) is 2.19. The van der Waals surface area contributed by atoms with Crippen LogP contribution in [0.1, 0.15) is 17.5 Å². The van der Waals surface area contributed by atoms with Crippen LogP contribution < -0.4 is 10.1 Å². The lowest BCUT2D eigenvalue weighted by Crippen LogP contribution is -2.36. The van der Waals surface area contributed by atoms with E-state index in [0.29, 0.717) is 12.3 Å². The summed E-state index contributed by atoms with van der Waals surface area (Å²) in [5, 5.41) is 3.56. The molecular weight excluding hydrogens is 343 g/mol. The molecule has 3 aromatic rings. The van der Waals surface area contributed by atoms with Crippen LogP contribution in [0, 0.1) is 12.7 Å². The fourth-order valence-corrected chi connectivity index (χ4v) is 3.16. The van der Waals surface area contributed by atoms with Gasteiger partial charge in [-0.25, -0.2) is 9.37 Å². The third-order valence-electron chi connectivity index (χ3n) is 3.56. The van der Waals surface area contributed by atoms with Crippen LogP contribution in [-0.4, -0.2) is 17.0 Å². The van der Waals surface area contributed by atoms with Gasteiger partial charge in [-0.15, -0.1) is 11.3 Å². The van der Waals surface area contributed by atoms with Crippen LogP contribution >= 0.6 is 11.3 Å². The van der Waals surface area contributed by atoms with E-state index >= 15 is 0 Å². The van der Waals surface area contributed by atoms with Crippen molar-refractivity contribution in [3.05, 3.63) is 59.0 Å². The van der Waals surface area contributed by atoms with E-state index in [0.717, 1.165) is 15.6 Å². The topological polar surface area (TPSA) is 64.4 Å². The number of ether oxygens (including phenoxy) is 1. The second-order valence-electron chi connectivity index (χ2n) is 5.41. The number of carbonyl (C=O) groups is 1. The molecule has 0 bridgehead atoms. The van der Waals surface area contributed by atoms with Crippen molar-refractivity contribution in [3.63, 3.8) is 0 Å². The summed E-state index contributed by atoms with van der Waals surface area (Å²) in [5.41, 5.74) is 0.833. The molecule has 1 atom stereocenters. The molecule has 0 saturated carbocycles. The number of thiazole rings is 1. The number of hydrogen-bond acceptors (Lipinski definition) is 5. The lowest BCUT2D eigenvalue weighted by molar-refractivity contribution is -0.127. The Morgan fingerprint density at radius 2 is 2.16 bits per heavy atom. The molecule has 1 aromatic carbocycles. The standard InChI is InChI=1S/C18H17FN2O3S/c1-11-16(25-18(21-11)15-8-5-9-23-15)10-20-17(22)12(2)24-14-7-4-3-6-13(14)19/h3-9,12H,10H2,1-2H3,(H,20,22). The zero-order valence-electron chi connectivity index (χ0n) is 13.8. The molecule has 2 aromatic heterocycles. The molecule has 0 spiro atoms. The summed E-state index contributed by atoms with van der Waals surface area (Å²) in [6.07, 6.45) is 0.782. The highest BCUT2D eigenvalue weighted by molar-refractivity contribution is 7.15. The quantitative estimate of drug-likeness (QED) is 0.723. The number of aryl methyl sites for hydroxylation is 1. The monoisotopic (exact) mass is 360 g/mol. The van der Waals surface area contributed by atoms with Crippen molar-refractivity contribution in [3.8, 4) is 16.5 Å². The summed E-state index contributed by atoms with van der Waals surface area (Å²) < 4.78 is 24.3. The van der Waals surface area contributed by atoms with Gasteiger partial charge in [0.1, 0.15) is 0 Å². The number of nitrogens with zero attached hydrogens (tertiary/aromatic N) is 1. The number of hydrogen-bond donors (Lipinski definition) is 1. The summed E-state index contributed by atoms with van der Waals surface area (Å²) in [4.78, 5) is 17.6. The SMILES string of the molecule is Cc1nc(-c2ccco2)sc1CNC(=O)C(C)Oc1ccccc1F. The van der Waals surface area contributed by atoms with Gasteiger partial charge in [0.2, 0.25) is 0 Å². The number of amides is 1.